The third-order valence-electron chi connectivity index (χ3n) is 3.79. The molecule has 2 aromatic rings. The number of amides is 1. The molecule has 0 saturated heterocycles. The Hall–Kier alpha value is -2.09. The van der Waals surface area contributed by atoms with E-state index in [-0.39, 0.29) is 17.3 Å². The minimum absolute atomic E-state index is 0.0225. The van der Waals surface area contributed by atoms with E-state index in [1.165, 1.54) is 18.2 Å². The number of hydrogen-bond acceptors (Lipinski definition) is 4. The van der Waals surface area contributed by atoms with E-state index in [4.69, 9.17) is 11.6 Å². The molecule has 1 atom stereocenters. The average Bonchev–Trinajstić information content (AvgIpc) is 2.56. The lowest BCUT2D eigenvalue weighted by Gasteiger charge is -2.25. The number of hydrogen-bond donors (Lipinski definition) is 2. The van der Waals surface area contributed by atoms with Crippen LogP contribution in [0.15, 0.2) is 48.5 Å². The summed E-state index contributed by atoms with van der Waals surface area (Å²) in [5.41, 5.74) is 1.43. The van der Waals surface area contributed by atoms with Gasteiger partial charge in [0.05, 0.1) is 23.5 Å². The van der Waals surface area contributed by atoms with Crippen molar-refractivity contribution in [2.45, 2.75) is 6.04 Å². The number of nitrogens with one attached hydrogen (secondary N) is 2. The van der Waals surface area contributed by atoms with Gasteiger partial charge in [-0.2, -0.15) is 0 Å². The van der Waals surface area contributed by atoms with E-state index in [9.17, 15) is 13.2 Å². The standard InChI is InChI=1S/C18H22ClN3O3S/c1-22(2)17(13-7-5-4-6-8-13)12-20-18(23)15-11-14(19)9-10-16(15)21-26(3,24)25/h4-11,17,21H,12H2,1-3H3,(H,20,23). The number of nitrogens with zero attached hydrogens (tertiary/aromatic N) is 1. The van der Waals surface area contributed by atoms with Gasteiger partial charge in [-0.15, -0.1) is 0 Å². The van der Waals surface area contributed by atoms with Crippen LogP contribution in [0.5, 0.6) is 0 Å². The first-order valence-corrected chi connectivity index (χ1v) is 10.2. The highest BCUT2D eigenvalue weighted by Gasteiger charge is 2.18. The number of benzene rings is 2. The molecule has 0 fully saturated rings. The van der Waals surface area contributed by atoms with Crippen LogP contribution in [0.2, 0.25) is 5.02 Å². The van der Waals surface area contributed by atoms with Crippen LogP contribution in [0.1, 0.15) is 22.0 Å². The third-order valence-corrected chi connectivity index (χ3v) is 4.61. The van der Waals surface area contributed by atoms with E-state index in [1.54, 1.807) is 0 Å². The van der Waals surface area contributed by atoms with Gasteiger partial charge in [0.1, 0.15) is 0 Å². The number of carbonyl (C=O) groups excluding carboxylic acids is 1. The van der Waals surface area contributed by atoms with Crippen molar-refractivity contribution in [3.63, 3.8) is 0 Å². The molecule has 0 aliphatic carbocycles. The predicted octanol–water partition coefficient (Wildman–Crippen LogP) is 2.74. The number of carbonyl (C=O) groups is 1. The SMILES string of the molecule is CN(C)C(CNC(=O)c1cc(Cl)ccc1NS(C)(=O)=O)c1ccccc1. The highest BCUT2D eigenvalue weighted by molar-refractivity contribution is 7.92. The molecule has 0 radical (unpaired) electrons. The Morgan fingerprint density at radius 1 is 1.15 bits per heavy atom. The van der Waals surface area contributed by atoms with Crippen LogP contribution in [0.4, 0.5) is 5.69 Å². The van der Waals surface area contributed by atoms with Crippen molar-refractivity contribution in [1.82, 2.24) is 10.2 Å². The second kappa shape index (κ2) is 8.53. The van der Waals surface area contributed by atoms with Crippen molar-refractivity contribution < 1.29 is 13.2 Å². The maximum Gasteiger partial charge on any atom is 0.253 e. The van der Waals surface area contributed by atoms with Gasteiger partial charge >= 0.3 is 0 Å². The lowest BCUT2D eigenvalue weighted by molar-refractivity contribution is 0.0943. The lowest BCUT2D eigenvalue weighted by Crippen LogP contribution is -2.35. The Balaban J connectivity index is 2.20. The summed E-state index contributed by atoms with van der Waals surface area (Å²) in [7, 11) is 0.346. The van der Waals surface area contributed by atoms with E-state index in [1.807, 2.05) is 49.3 Å². The smallest absolute Gasteiger partial charge is 0.253 e. The minimum atomic E-state index is -3.52. The summed E-state index contributed by atoms with van der Waals surface area (Å²) in [4.78, 5) is 14.6. The Bertz CT molecular complexity index is 871. The molecule has 2 rings (SSSR count). The number of anilines is 1. The predicted molar refractivity (Wildman–Crippen MR) is 105 cm³/mol. The van der Waals surface area contributed by atoms with Crippen LogP contribution in [0.25, 0.3) is 0 Å². The van der Waals surface area contributed by atoms with Crippen LogP contribution in [0, 0.1) is 0 Å². The van der Waals surface area contributed by atoms with Gasteiger partial charge in [0.2, 0.25) is 10.0 Å². The molecular formula is C18H22ClN3O3S. The van der Waals surface area contributed by atoms with Crippen LogP contribution in [0.3, 0.4) is 0 Å². The maximum atomic E-state index is 12.6. The summed E-state index contributed by atoms with van der Waals surface area (Å²) >= 11 is 5.98. The van der Waals surface area contributed by atoms with Crippen LogP contribution in [-0.4, -0.2) is 46.1 Å². The number of likely N-dealkylation sites (N-methyl/N-ethyl adjacent to an activating group) is 1. The first-order chi connectivity index (χ1) is 12.2. The van der Waals surface area contributed by atoms with E-state index in [0.29, 0.717) is 11.6 Å². The van der Waals surface area contributed by atoms with E-state index >= 15 is 0 Å². The highest BCUT2D eigenvalue weighted by Crippen LogP contribution is 2.22. The van der Waals surface area contributed by atoms with Crippen molar-refractivity contribution in [2.24, 2.45) is 0 Å². The summed E-state index contributed by atoms with van der Waals surface area (Å²) < 4.78 is 25.4. The molecule has 2 N–H and O–H groups in total. The summed E-state index contributed by atoms with van der Waals surface area (Å²) in [6.45, 7) is 0.362. The van der Waals surface area contributed by atoms with Gasteiger partial charge in [0, 0.05) is 11.6 Å². The lowest BCUT2D eigenvalue weighted by atomic mass is 10.1. The molecular weight excluding hydrogens is 374 g/mol. The molecule has 1 amide bonds. The van der Waals surface area contributed by atoms with Crippen molar-refractivity contribution >= 4 is 33.2 Å². The number of sulfonamides is 1. The van der Waals surface area contributed by atoms with Crippen LogP contribution in [-0.2, 0) is 10.0 Å². The minimum Gasteiger partial charge on any atom is -0.350 e. The molecule has 8 heteroatoms. The summed E-state index contributed by atoms with van der Waals surface area (Å²) in [6.07, 6.45) is 1.03. The fourth-order valence-electron chi connectivity index (χ4n) is 2.55. The zero-order valence-electron chi connectivity index (χ0n) is 14.9. The molecule has 0 heterocycles. The van der Waals surface area contributed by atoms with Gasteiger partial charge in [0.25, 0.3) is 5.91 Å². The normalized spacial score (nSPS) is 12.7. The molecule has 140 valence electrons. The quantitative estimate of drug-likeness (QED) is 0.755. The Morgan fingerprint density at radius 2 is 1.81 bits per heavy atom. The van der Waals surface area contributed by atoms with E-state index < -0.39 is 15.9 Å². The largest absolute Gasteiger partial charge is 0.350 e. The van der Waals surface area contributed by atoms with Crippen molar-refractivity contribution in [1.29, 1.82) is 0 Å². The molecule has 26 heavy (non-hydrogen) atoms. The second-order valence-electron chi connectivity index (χ2n) is 6.16. The molecule has 0 bridgehead atoms. The second-order valence-corrected chi connectivity index (χ2v) is 8.35. The van der Waals surface area contributed by atoms with Crippen molar-refractivity contribution in [2.75, 3.05) is 31.6 Å². The fraction of sp³-hybridized carbons (Fsp3) is 0.278. The molecule has 0 saturated carbocycles. The first kappa shape index (κ1) is 20.2. The maximum absolute atomic E-state index is 12.6. The summed E-state index contributed by atoms with van der Waals surface area (Å²) in [5, 5.41) is 3.21. The average molecular weight is 396 g/mol. The summed E-state index contributed by atoms with van der Waals surface area (Å²) in [5.74, 6) is -0.401. The van der Waals surface area contributed by atoms with Gasteiger partial charge < -0.3 is 10.2 Å². The Kier molecular flexibility index (Phi) is 6.63. The molecule has 2 aromatic carbocycles. The highest BCUT2D eigenvalue weighted by atomic mass is 35.5. The molecule has 0 spiro atoms. The van der Waals surface area contributed by atoms with Crippen LogP contribution < -0.4 is 10.0 Å². The van der Waals surface area contributed by atoms with Crippen molar-refractivity contribution in [3.05, 3.63) is 64.7 Å². The molecule has 1 unspecified atom stereocenters. The first-order valence-electron chi connectivity index (χ1n) is 7.94. The van der Waals surface area contributed by atoms with E-state index in [0.717, 1.165) is 11.8 Å². The Morgan fingerprint density at radius 3 is 2.38 bits per heavy atom. The molecule has 0 aromatic heterocycles. The zero-order chi connectivity index (χ0) is 19.3. The topological polar surface area (TPSA) is 78.5 Å². The van der Waals surface area contributed by atoms with Crippen molar-refractivity contribution in [3.8, 4) is 0 Å². The molecule has 6 nitrogen and oxygen atoms in total. The number of rotatable bonds is 7. The zero-order valence-corrected chi connectivity index (χ0v) is 16.4. The van der Waals surface area contributed by atoms with Gasteiger partial charge in [-0.3, -0.25) is 9.52 Å². The van der Waals surface area contributed by atoms with Gasteiger partial charge in [0.15, 0.2) is 0 Å². The summed E-state index contributed by atoms with van der Waals surface area (Å²) in [6, 6.07) is 14.2. The third kappa shape index (κ3) is 5.72. The molecule has 0 aliphatic rings. The number of halogens is 1. The fourth-order valence-corrected chi connectivity index (χ4v) is 3.30. The van der Waals surface area contributed by atoms with Gasteiger partial charge in [-0.05, 0) is 37.9 Å². The monoisotopic (exact) mass is 395 g/mol. The van der Waals surface area contributed by atoms with Gasteiger partial charge in [-0.25, -0.2) is 8.42 Å². The molecule has 0 aliphatic heterocycles. The van der Waals surface area contributed by atoms with Crippen LogP contribution >= 0.6 is 11.6 Å². The van der Waals surface area contributed by atoms with Gasteiger partial charge in [-0.1, -0.05) is 41.9 Å². The Labute approximate surface area is 159 Å². The van der Waals surface area contributed by atoms with E-state index in [2.05, 4.69) is 10.0 Å².